The fraction of sp³-hybridized carbons (Fsp3) is 0.476. The van der Waals surface area contributed by atoms with Crippen LogP contribution < -0.4 is 25.8 Å². The molecule has 150 valence electrons. The Hall–Kier alpha value is -2.19. The standard InChI is InChI=1S/C21H29N5O2/c1-27-19-5-3-17(4-6-19)21-18(15-24-25-21)14-22-12-16-2-7-20(23-13-16)26-8-10-28-11-9-26/h2-7,13,18,21-22,24-25H,8-12,14-15H2,1H3. The second-order valence-corrected chi connectivity index (χ2v) is 7.29. The average Bonchev–Trinajstić information content (AvgIpc) is 3.23. The number of hydrogen-bond donors (Lipinski definition) is 3. The molecule has 2 atom stereocenters. The Balaban J connectivity index is 1.27. The molecule has 7 heteroatoms. The number of anilines is 1. The highest BCUT2D eigenvalue weighted by Crippen LogP contribution is 2.26. The third-order valence-corrected chi connectivity index (χ3v) is 5.45. The number of hydrazine groups is 1. The number of morpholine rings is 1. The van der Waals surface area contributed by atoms with Crippen LogP contribution in [0.4, 0.5) is 5.82 Å². The Kier molecular flexibility index (Phi) is 6.38. The molecule has 3 heterocycles. The van der Waals surface area contributed by atoms with Gasteiger partial charge in [-0.1, -0.05) is 18.2 Å². The number of pyridine rings is 1. The van der Waals surface area contributed by atoms with Gasteiger partial charge in [-0.2, -0.15) is 0 Å². The highest BCUT2D eigenvalue weighted by Gasteiger charge is 2.27. The first-order chi connectivity index (χ1) is 13.8. The van der Waals surface area contributed by atoms with E-state index in [9.17, 15) is 0 Å². The largest absolute Gasteiger partial charge is 0.497 e. The van der Waals surface area contributed by atoms with Crippen LogP contribution in [0.25, 0.3) is 0 Å². The van der Waals surface area contributed by atoms with Gasteiger partial charge in [0.15, 0.2) is 0 Å². The lowest BCUT2D eigenvalue weighted by molar-refractivity contribution is 0.122. The summed E-state index contributed by atoms with van der Waals surface area (Å²) in [5.41, 5.74) is 9.16. The Labute approximate surface area is 166 Å². The fourth-order valence-electron chi connectivity index (χ4n) is 3.80. The van der Waals surface area contributed by atoms with Crippen molar-refractivity contribution in [2.45, 2.75) is 12.6 Å². The first kappa shape index (κ1) is 19.1. The number of methoxy groups -OCH3 is 1. The van der Waals surface area contributed by atoms with Gasteiger partial charge in [-0.3, -0.25) is 5.43 Å². The molecule has 0 amide bonds. The van der Waals surface area contributed by atoms with Crippen LogP contribution in [0.5, 0.6) is 5.75 Å². The molecule has 0 aliphatic carbocycles. The van der Waals surface area contributed by atoms with Crippen LogP contribution in [-0.2, 0) is 11.3 Å². The molecule has 2 saturated heterocycles. The highest BCUT2D eigenvalue weighted by molar-refractivity contribution is 5.39. The van der Waals surface area contributed by atoms with Crippen molar-refractivity contribution < 1.29 is 9.47 Å². The molecule has 0 radical (unpaired) electrons. The second kappa shape index (κ2) is 9.34. The molecule has 0 saturated carbocycles. The van der Waals surface area contributed by atoms with E-state index in [2.05, 4.69) is 50.3 Å². The summed E-state index contributed by atoms with van der Waals surface area (Å²) >= 11 is 0. The molecule has 3 N–H and O–H groups in total. The molecule has 2 aliphatic heterocycles. The summed E-state index contributed by atoms with van der Waals surface area (Å²) in [5.74, 6) is 2.40. The van der Waals surface area contributed by atoms with Crippen LogP contribution in [0.2, 0.25) is 0 Å². The summed E-state index contributed by atoms with van der Waals surface area (Å²) in [5, 5.41) is 3.59. The van der Waals surface area contributed by atoms with Crippen molar-refractivity contribution in [3.63, 3.8) is 0 Å². The van der Waals surface area contributed by atoms with Gasteiger partial charge >= 0.3 is 0 Å². The average molecular weight is 383 g/mol. The maximum absolute atomic E-state index is 5.40. The summed E-state index contributed by atoms with van der Waals surface area (Å²) < 4.78 is 10.7. The number of aromatic nitrogens is 1. The van der Waals surface area contributed by atoms with Gasteiger partial charge in [0.05, 0.1) is 26.4 Å². The van der Waals surface area contributed by atoms with Crippen molar-refractivity contribution in [1.29, 1.82) is 0 Å². The van der Waals surface area contributed by atoms with Crippen LogP contribution in [-0.4, -0.2) is 51.5 Å². The molecule has 7 nitrogen and oxygen atoms in total. The minimum atomic E-state index is 0.292. The lowest BCUT2D eigenvalue weighted by atomic mass is 9.95. The van der Waals surface area contributed by atoms with E-state index < -0.39 is 0 Å². The topological polar surface area (TPSA) is 70.7 Å². The summed E-state index contributed by atoms with van der Waals surface area (Å²) in [6.07, 6.45) is 1.98. The SMILES string of the molecule is COc1ccc(C2NNCC2CNCc2ccc(N3CCOCC3)nc2)cc1. The van der Waals surface area contributed by atoms with E-state index in [1.54, 1.807) is 7.11 Å². The predicted molar refractivity (Wildman–Crippen MR) is 109 cm³/mol. The summed E-state index contributed by atoms with van der Waals surface area (Å²) in [7, 11) is 1.69. The molecule has 0 bridgehead atoms. The van der Waals surface area contributed by atoms with E-state index in [0.717, 1.165) is 57.5 Å². The summed E-state index contributed by atoms with van der Waals surface area (Å²) in [4.78, 5) is 6.90. The maximum atomic E-state index is 5.40. The summed E-state index contributed by atoms with van der Waals surface area (Å²) in [6, 6.07) is 12.9. The zero-order chi connectivity index (χ0) is 19.2. The van der Waals surface area contributed by atoms with E-state index in [-0.39, 0.29) is 0 Å². The quantitative estimate of drug-likeness (QED) is 0.669. The Morgan fingerprint density at radius 2 is 2.00 bits per heavy atom. The molecule has 28 heavy (non-hydrogen) atoms. The number of rotatable bonds is 7. The number of hydrogen-bond acceptors (Lipinski definition) is 7. The molecule has 2 fully saturated rings. The van der Waals surface area contributed by atoms with Crippen LogP contribution in [0.1, 0.15) is 17.2 Å². The highest BCUT2D eigenvalue weighted by atomic mass is 16.5. The first-order valence-corrected chi connectivity index (χ1v) is 9.94. The molecule has 1 aromatic heterocycles. The van der Waals surface area contributed by atoms with Crippen molar-refractivity contribution in [1.82, 2.24) is 21.2 Å². The van der Waals surface area contributed by atoms with Crippen molar-refractivity contribution in [2.24, 2.45) is 5.92 Å². The van der Waals surface area contributed by atoms with Crippen LogP contribution >= 0.6 is 0 Å². The normalized spacial score (nSPS) is 22.4. The molecule has 4 rings (SSSR count). The minimum absolute atomic E-state index is 0.292. The monoisotopic (exact) mass is 383 g/mol. The van der Waals surface area contributed by atoms with Gasteiger partial charge in [-0.25, -0.2) is 10.4 Å². The fourth-order valence-corrected chi connectivity index (χ4v) is 3.80. The van der Waals surface area contributed by atoms with Gasteiger partial charge in [0, 0.05) is 44.8 Å². The van der Waals surface area contributed by atoms with Gasteiger partial charge in [-0.15, -0.1) is 0 Å². The number of benzene rings is 1. The van der Waals surface area contributed by atoms with Gasteiger partial charge in [0.25, 0.3) is 0 Å². The molecule has 2 aromatic rings. The van der Waals surface area contributed by atoms with E-state index in [1.807, 2.05) is 18.3 Å². The van der Waals surface area contributed by atoms with Crippen LogP contribution in [0, 0.1) is 5.92 Å². The third kappa shape index (κ3) is 4.62. The predicted octanol–water partition coefficient (Wildman–Crippen LogP) is 1.48. The molecule has 2 aliphatic rings. The van der Waals surface area contributed by atoms with Crippen molar-refractivity contribution in [3.05, 3.63) is 53.7 Å². The third-order valence-electron chi connectivity index (χ3n) is 5.45. The number of nitrogens with one attached hydrogen (secondary N) is 3. The Bertz CT molecular complexity index is 731. The van der Waals surface area contributed by atoms with E-state index in [0.29, 0.717) is 12.0 Å². The molecule has 0 spiro atoms. The number of ether oxygens (including phenoxy) is 2. The van der Waals surface area contributed by atoms with Crippen molar-refractivity contribution >= 4 is 5.82 Å². The van der Waals surface area contributed by atoms with Gasteiger partial charge in [0.1, 0.15) is 11.6 Å². The molecule has 1 aromatic carbocycles. The lowest BCUT2D eigenvalue weighted by Crippen LogP contribution is -2.36. The zero-order valence-corrected chi connectivity index (χ0v) is 16.4. The van der Waals surface area contributed by atoms with Gasteiger partial charge < -0.3 is 19.7 Å². The first-order valence-electron chi connectivity index (χ1n) is 9.94. The van der Waals surface area contributed by atoms with Crippen molar-refractivity contribution in [2.75, 3.05) is 51.4 Å². The van der Waals surface area contributed by atoms with Crippen LogP contribution in [0.3, 0.4) is 0 Å². The van der Waals surface area contributed by atoms with Gasteiger partial charge in [0.2, 0.25) is 0 Å². The smallest absolute Gasteiger partial charge is 0.128 e. The molecule has 2 unspecified atom stereocenters. The number of nitrogens with zero attached hydrogens (tertiary/aromatic N) is 2. The van der Waals surface area contributed by atoms with E-state index >= 15 is 0 Å². The van der Waals surface area contributed by atoms with E-state index in [1.165, 1.54) is 11.1 Å². The molecular formula is C21H29N5O2. The minimum Gasteiger partial charge on any atom is -0.497 e. The zero-order valence-electron chi connectivity index (χ0n) is 16.4. The van der Waals surface area contributed by atoms with E-state index in [4.69, 9.17) is 9.47 Å². The maximum Gasteiger partial charge on any atom is 0.128 e. The van der Waals surface area contributed by atoms with Crippen LogP contribution in [0.15, 0.2) is 42.6 Å². The van der Waals surface area contributed by atoms with Crippen molar-refractivity contribution in [3.8, 4) is 5.75 Å². The second-order valence-electron chi connectivity index (χ2n) is 7.29. The summed E-state index contributed by atoms with van der Waals surface area (Å²) in [6.45, 7) is 6.09. The molecular weight excluding hydrogens is 354 g/mol. The van der Waals surface area contributed by atoms with Gasteiger partial charge in [-0.05, 0) is 29.3 Å². The lowest BCUT2D eigenvalue weighted by Gasteiger charge is -2.27. The Morgan fingerprint density at radius 3 is 2.71 bits per heavy atom. The Morgan fingerprint density at radius 1 is 1.18 bits per heavy atom.